The van der Waals surface area contributed by atoms with E-state index in [-0.39, 0.29) is 18.2 Å². The van der Waals surface area contributed by atoms with Crippen LogP contribution in [-0.2, 0) is 14.3 Å². The Morgan fingerprint density at radius 3 is 3.10 bits per heavy atom. The molecule has 2 fully saturated rings. The van der Waals surface area contributed by atoms with Crippen LogP contribution in [0.3, 0.4) is 0 Å². The van der Waals surface area contributed by atoms with Crippen LogP contribution in [0.5, 0.6) is 0 Å². The fraction of sp³-hybridized carbons (Fsp3) is 0.857. The van der Waals surface area contributed by atoms with Gasteiger partial charge in [-0.15, -0.1) is 0 Å². The van der Waals surface area contributed by atoms with Crippen molar-refractivity contribution >= 4 is 5.97 Å². The van der Waals surface area contributed by atoms with Gasteiger partial charge in [-0.1, -0.05) is 0 Å². The number of fused-ring (bicyclic) bond motifs is 2. The van der Waals surface area contributed by atoms with E-state index >= 15 is 0 Å². The number of esters is 1. The topological polar surface area (TPSA) is 35.5 Å². The van der Waals surface area contributed by atoms with E-state index in [0.29, 0.717) is 6.42 Å². The molecule has 10 heavy (non-hydrogen) atoms. The first kappa shape index (κ1) is 6.16. The molecule has 3 heteroatoms. The van der Waals surface area contributed by atoms with Crippen molar-refractivity contribution in [2.24, 2.45) is 0 Å². The highest BCUT2D eigenvalue weighted by molar-refractivity contribution is 5.71. The van der Waals surface area contributed by atoms with Crippen LogP contribution in [0.2, 0.25) is 0 Å². The van der Waals surface area contributed by atoms with E-state index in [1.54, 1.807) is 0 Å². The number of carbonyl (C=O) groups excluding carboxylic acids is 1. The van der Waals surface area contributed by atoms with E-state index in [4.69, 9.17) is 9.47 Å². The Bertz CT molecular complexity index is 141. The second-order valence-electron chi connectivity index (χ2n) is 2.83. The molecule has 0 aromatic rings. The van der Waals surface area contributed by atoms with E-state index in [1.807, 2.05) is 0 Å². The Hall–Kier alpha value is -0.570. The minimum Gasteiger partial charge on any atom is -0.462 e. The fourth-order valence-corrected chi connectivity index (χ4v) is 1.51. The zero-order chi connectivity index (χ0) is 6.97. The van der Waals surface area contributed by atoms with Crippen LogP contribution >= 0.6 is 0 Å². The molecule has 2 bridgehead atoms. The van der Waals surface area contributed by atoms with Gasteiger partial charge >= 0.3 is 5.97 Å². The third kappa shape index (κ3) is 1.01. The highest BCUT2D eigenvalue weighted by Gasteiger charge is 2.32. The van der Waals surface area contributed by atoms with Gasteiger partial charge in [-0.3, -0.25) is 4.79 Å². The lowest BCUT2D eigenvalue weighted by Crippen LogP contribution is -2.39. The van der Waals surface area contributed by atoms with Crippen molar-refractivity contribution in [1.82, 2.24) is 0 Å². The number of rotatable bonds is 0. The average Bonchev–Trinajstić information content (AvgIpc) is 1.85. The van der Waals surface area contributed by atoms with Crippen molar-refractivity contribution in [1.29, 1.82) is 0 Å². The predicted octanol–water partition coefficient (Wildman–Crippen LogP) is 0.481. The van der Waals surface area contributed by atoms with Gasteiger partial charge in [0, 0.05) is 12.8 Å². The molecule has 2 heterocycles. The predicted molar refractivity (Wildman–Crippen MR) is 33.5 cm³/mol. The molecule has 0 saturated carbocycles. The highest BCUT2D eigenvalue weighted by atomic mass is 16.6. The fourth-order valence-electron chi connectivity index (χ4n) is 1.51. The molecule has 0 aromatic heterocycles. The van der Waals surface area contributed by atoms with Crippen LogP contribution in [0.4, 0.5) is 0 Å². The first-order valence-electron chi connectivity index (χ1n) is 3.65. The lowest BCUT2D eigenvalue weighted by atomic mass is 10.0. The molecule has 2 aliphatic rings. The van der Waals surface area contributed by atoms with Crippen molar-refractivity contribution < 1.29 is 14.3 Å². The molecule has 0 aromatic carbocycles. The summed E-state index contributed by atoms with van der Waals surface area (Å²) in [6.07, 6.45) is 2.55. The Morgan fingerprint density at radius 2 is 2.30 bits per heavy atom. The van der Waals surface area contributed by atoms with Crippen LogP contribution in [0.15, 0.2) is 0 Å². The third-order valence-corrected chi connectivity index (χ3v) is 2.01. The lowest BCUT2D eigenvalue weighted by Gasteiger charge is -2.33. The van der Waals surface area contributed by atoms with Crippen molar-refractivity contribution in [3.8, 4) is 0 Å². The normalized spacial score (nSPS) is 39.0. The summed E-state index contributed by atoms with van der Waals surface area (Å²) in [6, 6.07) is 0. The molecule has 0 spiro atoms. The molecular weight excluding hydrogens is 132 g/mol. The Kier molecular flexibility index (Phi) is 1.38. The van der Waals surface area contributed by atoms with E-state index in [9.17, 15) is 4.79 Å². The first-order chi connectivity index (χ1) is 4.84. The SMILES string of the molecule is O=C1CC2CC(CCO2)O1. The summed E-state index contributed by atoms with van der Waals surface area (Å²) in [5.41, 5.74) is 0. The summed E-state index contributed by atoms with van der Waals surface area (Å²) in [7, 11) is 0. The largest absolute Gasteiger partial charge is 0.462 e. The molecule has 0 amide bonds. The highest BCUT2D eigenvalue weighted by Crippen LogP contribution is 2.24. The maximum atomic E-state index is 10.8. The minimum absolute atomic E-state index is 0.0963. The van der Waals surface area contributed by atoms with Gasteiger partial charge in [-0.25, -0.2) is 0 Å². The monoisotopic (exact) mass is 142 g/mol. The van der Waals surface area contributed by atoms with Gasteiger partial charge in [-0.05, 0) is 0 Å². The van der Waals surface area contributed by atoms with E-state index in [2.05, 4.69) is 0 Å². The number of hydrogen-bond acceptors (Lipinski definition) is 3. The summed E-state index contributed by atoms with van der Waals surface area (Å²) >= 11 is 0. The number of ether oxygens (including phenoxy) is 2. The zero-order valence-corrected chi connectivity index (χ0v) is 5.71. The summed E-state index contributed by atoms with van der Waals surface area (Å²) in [6.45, 7) is 0.753. The Balaban J connectivity index is 2.05. The van der Waals surface area contributed by atoms with E-state index in [0.717, 1.165) is 19.4 Å². The molecule has 0 radical (unpaired) electrons. The van der Waals surface area contributed by atoms with Crippen molar-refractivity contribution in [3.63, 3.8) is 0 Å². The molecule has 0 N–H and O–H groups in total. The minimum atomic E-state index is -0.0963. The average molecular weight is 142 g/mol. The molecular formula is C7H10O3. The first-order valence-corrected chi connectivity index (χ1v) is 3.65. The van der Waals surface area contributed by atoms with Gasteiger partial charge < -0.3 is 9.47 Å². The second kappa shape index (κ2) is 2.23. The summed E-state index contributed by atoms with van der Waals surface area (Å²) < 4.78 is 10.4. The van der Waals surface area contributed by atoms with Gasteiger partial charge in [0.15, 0.2) is 0 Å². The molecule has 2 rings (SSSR count). The number of carbonyl (C=O) groups is 1. The van der Waals surface area contributed by atoms with Gasteiger partial charge in [0.25, 0.3) is 0 Å². The smallest absolute Gasteiger partial charge is 0.308 e. The van der Waals surface area contributed by atoms with Gasteiger partial charge in [0.2, 0.25) is 0 Å². The van der Waals surface area contributed by atoms with Crippen LogP contribution < -0.4 is 0 Å². The van der Waals surface area contributed by atoms with Crippen LogP contribution in [0, 0.1) is 0 Å². The lowest BCUT2D eigenvalue weighted by molar-refractivity contribution is -0.173. The Labute approximate surface area is 59.3 Å². The summed E-state index contributed by atoms with van der Waals surface area (Å²) in [4.78, 5) is 10.8. The molecule has 0 aliphatic carbocycles. The maximum absolute atomic E-state index is 10.8. The van der Waals surface area contributed by atoms with Gasteiger partial charge in [0.1, 0.15) is 6.10 Å². The number of hydrogen-bond donors (Lipinski definition) is 0. The molecule has 2 atom stereocenters. The summed E-state index contributed by atoms with van der Waals surface area (Å²) in [5, 5.41) is 0. The standard InChI is InChI=1S/C7H10O3/c8-7-4-6-3-5(10-7)1-2-9-6/h5-6H,1-4H2. The second-order valence-corrected chi connectivity index (χ2v) is 2.83. The van der Waals surface area contributed by atoms with Crippen LogP contribution in [0.25, 0.3) is 0 Å². The quantitative estimate of drug-likeness (QED) is 0.461. The molecule has 3 nitrogen and oxygen atoms in total. The molecule has 2 saturated heterocycles. The maximum Gasteiger partial charge on any atom is 0.308 e. The van der Waals surface area contributed by atoms with Gasteiger partial charge in [0.05, 0.1) is 19.1 Å². The summed E-state index contributed by atoms with van der Waals surface area (Å²) in [5.74, 6) is -0.0963. The zero-order valence-electron chi connectivity index (χ0n) is 5.71. The van der Waals surface area contributed by atoms with Gasteiger partial charge in [-0.2, -0.15) is 0 Å². The van der Waals surface area contributed by atoms with E-state index in [1.165, 1.54) is 0 Å². The van der Waals surface area contributed by atoms with Crippen molar-refractivity contribution in [3.05, 3.63) is 0 Å². The van der Waals surface area contributed by atoms with Crippen LogP contribution in [-0.4, -0.2) is 24.8 Å². The van der Waals surface area contributed by atoms with E-state index < -0.39 is 0 Å². The molecule has 56 valence electrons. The van der Waals surface area contributed by atoms with Crippen molar-refractivity contribution in [2.75, 3.05) is 6.61 Å². The molecule has 2 unspecified atom stereocenters. The Morgan fingerprint density at radius 1 is 1.40 bits per heavy atom. The third-order valence-electron chi connectivity index (χ3n) is 2.01. The van der Waals surface area contributed by atoms with Crippen LogP contribution in [0.1, 0.15) is 19.3 Å². The van der Waals surface area contributed by atoms with Crippen molar-refractivity contribution in [2.45, 2.75) is 31.5 Å². The molecule has 2 aliphatic heterocycles.